The lowest BCUT2D eigenvalue weighted by molar-refractivity contribution is 0.0932. The summed E-state index contributed by atoms with van der Waals surface area (Å²) < 4.78 is 5.22. The first kappa shape index (κ1) is 16.9. The Morgan fingerprint density at radius 2 is 1.76 bits per heavy atom. The van der Waals surface area contributed by atoms with Gasteiger partial charge in [-0.3, -0.25) is 4.90 Å². The minimum atomic E-state index is 0.172. The lowest BCUT2D eigenvalue weighted by Crippen LogP contribution is -2.52. The molecule has 1 N–H and O–H groups in total. The Bertz CT molecular complexity index is 179. The Morgan fingerprint density at radius 1 is 1.18 bits per heavy atom. The van der Waals surface area contributed by atoms with E-state index in [1.54, 1.807) is 7.11 Å². The van der Waals surface area contributed by atoms with Crippen LogP contribution in [0.1, 0.15) is 47.5 Å². The molecule has 0 spiro atoms. The van der Waals surface area contributed by atoms with E-state index in [9.17, 15) is 0 Å². The van der Waals surface area contributed by atoms with Crippen LogP contribution in [-0.4, -0.2) is 49.8 Å². The maximum atomic E-state index is 5.22. The van der Waals surface area contributed by atoms with Gasteiger partial charge in [0.1, 0.15) is 0 Å². The van der Waals surface area contributed by atoms with E-state index in [4.69, 9.17) is 4.74 Å². The number of rotatable bonds is 10. The van der Waals surface area contributed by atoms with Crippen LogP contribution in [-0.2, 0) is 4.74 Å². The first-order valence-corrected chi connectivity index (χ1v) is 6.98. The molecule has 0 radical (unpaired) electrons. The topological polar surface area (TPSA) is 24.5 Å². The van der Waals surface area contributed by atoms with Crippen molar-refractivity contribution in [2.24, 2.45) is 0 Å². The number of nitrogens with one attached hydrogen (secondary N) is 1. The molecule has 0 aromatic heterocycles. The molecule has 0 aliphatic rings. The van der Waals surface area contributed by atoms with Crippen molar-refractivity contribution in [3.05, 3.63) is 0 Å². The van der Waals surface area contributed by atoms with Gasteiger partial charge in [-0.25, -0.2) is 0 Å². The summed E-state index contributed by atoms with van der Waals surface area (Å²) in [5.41, 5.74) is 0.172. The van der Waals surface area contributed by atoms with Gasteiger partial charge in [-0.2, -0.15) is 0 Å². The molecule has 0 unspecified atom stereocenters. The number of hydrogen-bond donors (Lipinski definition) is 1. The zero-order chi connectivity index (χ0) is 13.3. The smallest absolute Gasteiger partial charge is 0.0589 e. The van der Waals surface area contributed by atoms with Crippen LogP contribution in [0.2, 0.25) is 0 Å². The van der Waals surface area contributed by atoms with Crippen LogP contribution in [0, 0.1) is 0 Å². The molecular formula is C14H32N2O. The molecule has 0 aromatic carbocycles. The highest BCUT2D eigenvalue weighted by atomic mass is 16.5. The molecule has 3 nitrogen and oxygen atoms in total. The van der Waals surface area contributed by atoms with E-state index in [-0.39, 0.29) is 5.54 Å². The molecule has 104 valence electrons. The van der Waals surface area contributed by atoms with Crippen molar-refractivity contribution in [1.82, 2.24) is 10.2 Å². The van der Waals surface area contributed by atoms with Gasteiger partial charge in [-0.1, -0.05) is 20.8 Å². The molecule has 0 amide bonds. The van der Waals surface area contributed by atoms with Crippen molar-refractivity contribution in [3.63, 3.8) is 0 Å². The summed E-state index contributed by atoms with van der Waals surface area (Å²) in [6.07, 6.45) is 2.42. The molecule has 0 atom stereocenters. The van der Waals surface area contributed by atoms with Gasteiger partial charge in [-0.15, -0.1) is 0 Å². The molecule has 0 rings (SSSR count). The highest BCUT2D eigenvalue weighted by molar-refractivity contribution is 4.84. The van der Waals surface area contributed by atoms with Crippen molar-refractivity contribution in [2.45, 2.75) is 59.0 Å². The van der Waals surface area contributed by atoms with Crippen LogP contribution < -0.4 is 5.32 Å². The summed E-state index contributed by atoms with van der Waals surface area (Å²) in [4.78, 5) is 2.56. The van der Waals surface area contributed by atoms with E-state index >= 15 is 0 Å². The summed E-state index contributed by atoms with van der Waals surface area (Å²) >= 11 is 0. The third kappa shape index (κ3) is 7.02. The zero-order valence-electron chi connectivity index (χ0n) is 12.7. The minimum absolute atomic E-state index is 0.172. The van der Waals surface area contributed by atoms with Crippen molar-refractivity contribution >= 4 is 0 Å². The molecule has 0 fully saturated rings. The Morgan fingerprint density at radius 3 is 2.18 bits per heavy atom. The van der Waals surface area contributed by atoms with Crippen LogP contribution >= 0.6 is 0 Å². The summed E-state index contributed by atoms with van der Waals surface area (Å²) in [6.45, 7) is 15.2. The van der Waals surface area contributed by atoms with Gasteiger partial charge in [0.05, 0.1) is 6.61 Å². The Labute approximate surface area is 108 Å². The Hall–Kier alpha value is -0.120. The van der Waals surface area contributed by atoms with Crippen LogP contribution in [0.25, 0.3) is 0 Å². The van der Waals surface area contributed by atoms with Crippen LogP contribution in [0.15, 0.2) is 0 Å². The zero-order valence-corrected chi connectivity index (χ0v) is 12.7. The second-order valence-electron chi connectivity index (χ2n) is 5.35. The van der Waals surface area contributed by atoms with E-state index < -0.39 is 0 Å². The second-order valence-corrected chi connectivity index (χ2v) is 5.35. The molecule has 0 aliphatic heterocycles. The van der Waals surface area contributed by atoms with Gasteiger partial charge >= 0.3 is 0 Å². The predicted octanol–water partition coefficient (Wildman–Crippen LogP) is 2.51. The maximum Gasteiger partial charge on any atom is 0.0589 e. The number of hydrogen-bond acceptors (Lipinski definition) is 3. The van der Waals surface area contributed by atoms with Crippen molar-refractivity contribution in [1.29, 1.82) is 0 Å². The van der Waals surface area contributed by atoms with Crippen molar-refractivity contribution in [2.75, 3.05) is 33.4 Å². The van der Waals surface area contributed by atoms with Gasteiger partial charge in [0, 0.05) is 31.8 Å². The fourth-order valence-corrected chi connectivity index (χ4v) is 2.45. The fraction of sp³-hybridized carbons (Fsp3) is 1.00. The average Bonchev–Trinajstić information content (AvgIpc) is 2.26. The number of likely N-dealkylation sites (N-methyl/N-ethyl adjacent to an activating group) is 1. The summed E-state index contributed by atoms with van der Waals surface area (Å²) in [5, 5.41) is 3.55. The first-order chi connectivity index (χ1) is 8.00. The van der Waals surface area contributed by atoms with Crippen molar-refractivity contribution < 1.29 is 4.74 Å². The van der Waals surface area contributed by atoms with Crippen LogP contribution in [0.4, 0.5) is 0 Å². The number of ether oxygens (including phenoxy) is 1. The number of nitrogens with zero attached hydrogens (tertiary/aromatic N) is 1. The average molecular weight is 244 g/mol. The van der Waals surface area contributed by atoms with Crippen LogP contribution in [0.3, 0.4) is 0 Å². The molecule has 0 saturated carbocycles. The lowest BCUT2D eigenvalue weighted by Gasteiger charge is -2.37. The molecule has 0 bridgehead atoms. The van der Waals surface area contributed by atoms with E-state index in [0.717, 1.165) is 26.2 Å². The molecule has 0 heterocycles. The number of methoxy groups -OCH3 is 1. The molecule has 17 heavy (non-hydrogen) atoms. The summed E-state index contributed by atoms with van der Waals surface area (Å²) in [6, 6.07) is 0.670. The molecule has 0 aliphatic carbocycles. The van der Waals surface area contributed by atoms with E-state index in [1.165, 1.54) is 12.8 Å². The molecular weight excluding hydrogens is 212 g/mol. The monoisotopic (exact) mass is 244 g/mol. The maximum absolute atomic E-state index is 5.22. The van der Waals surface area contributed by atoms with Gasteiger partial charge < -0.3 is 10.1 Å². The minimum Gasteiger partial charge on any atom is -0.383 e. The third-order valence-corrected chi connectivity index (χ3v) is 3.30. The molecule has 3 heteroatoms. The first-order valence-electron chi connectivity index (χ1n) is 6.98. The van der Waals surface area contributed by atoms with Gasteiger partial charge in [0.25, 0.3) is 0 Å². The highest BCUT2D eigenvalue weighted by Crippen LogP contribution is 2.13. The molecule has 0 aromatic rings. The Balaban J connectivity index is 4.45. The van der Waals surface area contributed by atoms with Gasteiger partial charge in [0.2, 0.25) is 0 Å². The van der Waals surface area contributed by atoms with Crippen LogP contribution in [0.5, 0.6) is 0 Å². The SMILES string of the molecule is CCNC(C)(C)CN(CCOC)C(CC)CC. The van der Waals surface area contributed by atoms with Crippen molar-refractivity contribution in [3.8, 4) is 0 Å². The van der Waals surface area contributed by atoms with Gasteiger partial charge in [0.15, 0.2) is 0 Å². The van der Waals surface area contributed by atoms with Gasteiger partial charge in [-0.05, 0) is 33.2 Å². The summed E-state index contributed by atoms with van der Waals surface area (Å²) in [5.74, 6) is 0. The fourth-order valence-electron chi connectivity index (χ4n) is 2.45. The molecule has 0 saturated heterocycles. The largest absolute Gasteiger partial charge is 0.383 e. The summed E-state index contributed by atoms with van der Waals surface area (Å²) in [7, 11) is 1.78. The predicted molar refractivity (Wildman–Crippen MR) is 75.6 cm³/mol. The lowest BCUT2D eigenvalue weighted by atomic mass is 10.0. The standard InChI is InChI=1S/C14H32N2O/c1-7-13(8-2)16(10-11-17-6)12-14(4,5)15-9-3/h13,15H,7-12H2,1-6H3. The highest BCUT2D eigenvalue weighted by Gasteiger charge is 2.24. The quantitative estimate of drug-likeness (QED) is 0.639. The van der Waals surface area contributed by atoms with E-state index in [1.807, 2.05) is 0 Å². The second kappa shape index (κ2) is 8.90. The van der Waals surface area contributed by atoms with E-state index in [2.05, 4.69) is 44.8 Å². The van der Waals surface area contributed by atoms with E-state index in [0.29, 0.717) is 6.04 Å². The third-order valence-electron chi connectivity index (χ3n) is 3.30. The Kier molecular flexibility index (Phi) is 8.83. The normalized spacial score (nSPS) is 12.7.